The molecule has 0 rings (SSSR count). The zero-order chi connectivity index (χ0) is 30.4. The number of hydrogen-bond donors (Lipinski definition) is 3. The van der Waals surface area contributed by atoms with Crippen LogP contribution in [0.25, 0.3) is 0 Å². The summed E-state index contributed by atoms with van der Waals surface area (Å²) in [5, 5.41) is 13.1. The maximum atomic E-state index is 12.4. The molecule has 6 nitrogen and oxygen atoms in total. The lowest BCUT2D eigenvalue weighted by Crippen LogP contribution is -2.46. The van der Waals surface area contributed by atoms with Crippen molar-refractivity contribution < 1.29 is 22.9 Å². The number of allylic oxidation sites excluding steroid dienone is 1. The van der Waals surface area contributed by atoms with E-state index in [9.17, 15) is 22.9 Å². The van der Waals surface area contributed by atoms with Crippen molar-refractivity contribution in [2.24, 2.45) is 0 Å². The van der Waals surface area contributed by atoms with Crippen LogP contribution in [0.1, 0.15) is 181 Å². The third-order valence-corrected chi connectivity index (χ3v) is 8.74. The van der Waals surface area contributed by atoms with Gasteiger partial charge in [-0.05, 0) is 19.3 Å². The topological polar surface area (TPSA) is 104 Å². The van der Waals surface area contributed by atoms with Gasteiger partial charge >= 0.3 is 0 Å². The fourth-order valence-corrected chi connectivity index (χ4v) is 6.07. The SMILES string of the molecule is CCCCCCCCCCC/C=C/C(O)C(CS(=O)(=O)O)NC(=O)CCCCCCCCCCCCCCCCC. The molecule has 0 aromatic heterocycles. The first kappa shape index (κ1) is 40.1. The van der Waals surface area contributed by atoms with Gasteiger partial charge in [-0.3, -0.25) is 9.35 Å². The Morgan fingerprint density at radius 1 is 0.634 bits per heavy atom. The van der Waals surface area contributed by atoms with Crippen LogP contribution in [0.3, 0.4) is 0 Å². The molecular weight excluding hydrogens is 534 g/mol. The number of rotatable bonds is 31. The molecule has 0 fully saturated rings. The molecule has 0 aliphatic heterocycles. The number of nitrogens with one attached hydrogen (secondary N) is 1. The van der Waals surface area contributed by atoms with Crippen molar-refractivity contribution in [1.82, 2.24) is 5.32 Å². The van der Waals surface area contributed by atoms with Gasteiger partial charge in [0.2, 0.25) is 5.91 Å². The van der Waals surface area contributed by atoms with E-state index in [0.717, 1.165) is 38.5 Å². The minimum atomic E-state index is -4.33. The van der Waals surface area contributed by atoms with Crippen molar-refractivity contribution in [3.05, 3.63) is 12.2 Å². The highest BCUT2D eigenvalue weighted by Crippen LogP contribution is 2.14. The van der Waals surface area contributed by atoms with Crippen LogP contribution in [-0.2, 0) is 14.9 Å². The predicted molar refractivity (Wildman–Crippen MR) is 175 cm³/mol. The predicted octanol–water partition coefficient (Wildman–Crippen LogP) is 9.46. The molecule has 0 heterocycles. The van der Waals surface area contributed by atoms with Gasteiger partial charge in [0.15, 0.2) is 0 Å². The van der Waals surface area contributed by atoms with Crippen LogP contribution in [0.15, 0.2) is 12.2 Å². The molecule has 0 aliphatic rings. The number of amides is 1. The minimum Gasteiger partial charge on any atom is -0.387 e. The molecule has 0 radical (unpaired) electrons. The first-order chi connectivity index (χ1) is 19.8. The van der Waals surface area contributed by atoms with Crippen LogP contribution in [0.2, 0.25) is 0 Å². The van der Waals surface area contributed by atoms with Crippen molar-refractivity contribution in [1.29, 1.82) is 0 Å². The summed E-state index contributed by atoms with van der Waals surface area (Å²) >= 11 is 0. The first-order valence-electron chi connectivity index (χ1n) is 17.4. The Morgan fingerprint density at radius 2 is 1.00 bits per heavy atom. The molecule has 2 unspecified atom stereocenters. The van der Waals surface area contributed by atoms with Crippen molar-refractivity contribution >= 4 is 16.0 Å². The second-order valence-corrected chi connectivity index (χ2v) is 13.7. The van der Waals surface area contributed by atoms with E-state index >= 15 is 0 Å². The second kappa shape index (κ2) is 29.2. The molecule has 0 saturated heterocycles. The van der Waals surface area contributed by atoms with Crippen molar-refractivity contribution in [3.8, 4) is 0 Å². The smallest absolute Gasteiger partial charge is 0.267 e. The molecule has 0 saturated carbocycles. The summed E-state index contributed by atoms with van der Waals surface area (Å²) in [5.41, 5.74) is 0. The zero-order valence-corrected chi connectivity index (χ0v) is 27.7. The van der Waals surface area contributed by atoms with E-state index in [-0.39, 0.29) is 5.91 Å². The Labute approximate surface area is 254 Å². The van der Waals surface area contributed by atoms with Crippen LogP contribution < -0.4 is 5.32 Å². The molecule has 1 amide bonds. The molecule has 0 aliphatic carbocycles. The molecule has 41 heavy (non-hydrogen) atoms. The van der Waals surface area contributed by atoms with Gasteiger partial charge in [0, 0.05) is 6.42 Å². The maximum absolute atomic E-state index is 12.4. The Balaban J connectivity index is 3.97. The summed E-state index contributed by atoms with van der Waals surface area (Å²) < 4.78 is 32.2. The lowest BCUT2D eigenvalue weighted by Gasteiger charge is -2.21. The highest BCUT2D eigenvalue weighted by atomic mass is 32.2. The standard InChI is InChI=1S/C34H67NO5S/c1-3-5-7-9-11-13-15-16-17-18-20-22-24-26-28-30-34(37)35-32(31-41(38,39)40)33(36)29-27-25-23-21-19-14-12-10-8-6-4-2/h27,29,32-33,36H,3-26,28,30-31H2,1-2H3,(H,35,37)(H,38,39,40)/b29-27+. The Kier molecular flexibility index (Phi) is 28.5. The normalized spacial score (nSPS) is 13.6. The third kappa shape index (κ3) is 30.3. The summed E-state index contributed by atoms with van der Waals surface area (Å²) in [6, 6.07) is -1.05. The maximum Gasteiger partial charge on any atom is 0.267 e. The van der Waals surface area contributed by atoms with Gasteiger partial charge in [0.1, 0.15) is 0 Å². The molecule has 7 heteroatoms. The van der Waals surface area contributed by atoms with Crippen LogP contribution >= 0.6 is 0 Å². The van der Waals surface area contributed by atoms with Gasteiger partial charge in [0.05, 0.1) is 17.9 Å². The first-order valence-corrected chi connectivity index (χ1v) is 19.0. The fourth-order valence-electron chi connectivity index (χ4n) is 5.33. The van der Waals surface area contributed by atoms with Crippen molar-refractivity contribution in [2.75, 3.05) is 5.75 Å². The minimum absolute atomic E-state index is 0.278. The highest BCUT2D eigenvalue weighted by molar-refractivity contribution is 7.85. The summed E-state index contributed by atoms with van der Waals surface area (Å²) in [7, 11) is -4.33. The van der Waals surface area contributed by atoms with Crippen LogP contribution in [0.5, 0.6) is 0 Å². The fraction of sp³-hybridized carbons (Fsp3) is 0.912. The summed E-state index contributed by atoms with van der Waals surface area (Å²) in [6.07, 6.45) is 33.3. The van der Waals surface area contributed by atoms with Gasteiger partial charge in [-0.2, -0.15) is 8.42 Å². The van der Waals surface area contributed by atoms with E-state index in [1.807, 2.05) is 6.08 Å². The number of aliphatic hydroxyl groups excluding tert-OH is 1. The zero-order valence-electron chi connectivity index (χ0n) is 26.9. The number of carbonyl (C=O) groups excluding carboxylic acids is 1. The summed E-state index contributed by atoms with van der Waals surface area (Å²) in [5.74, 6) is -0.971. The average Bonchev–Trinajstić information content (AvgIpc) is 2.92. The number of carbonyl (C=O) groups is 1. The Bertz CT molecular complexity index is 710. The van der Waals surface area contributed by atoms with E-state index in [4.69, 9.17) is 0 Å². The highest BCUT2D eigenvalue weighted by Gasteiger charge is 2.24. The third-order valence-electron chi connectivity index (χ3n) is 7.96. The van der Waals surface area contributed by atoms with Gasteiger partial charge in [-0.25, -0.2) is 0 Å². The Morgan fingerprint density at radius 3 is 1.39 bits per heavy atom. The summed E-state index contributed by atoms with van der Waals surface area (Å²) in [6.45, 7) is 4.49. The van der Waals surface area contributed by atoms with Crippen LogP contribution in [0.4, 0.5) is 0 Å². The molecular formula is C34H67NO5S. The quantitative estimate of drug-likeness (QED) is 0.0417. The van der Waals surface area contributed by atoms with Crippen LogP contribution in [-0.4, -0.2) is 41.9 Å². The average molecular weight is 602 g/mol. The molecule has 0 aromatic carbocycles. The molecule has 3 N–H and O–H groups in total. The number of unbranched alkanes of at least 4 members (excludes halogenated alkanes) is 23. The largest absolute Gasteiger partial charge is 0.387 e. The monoisotopic (exact) mass is 601 g/mol. The summed E-state index contributed by atoms with van der Waals surface area (Å²) in [4.78, 5) is 12.4. The molecule has 0 aromatic rings. The molecule has 2 atom stereocenters. The van der Waals surface area contributed by atoms with Crippen molar-refractivity contribution in [3.63, 3.8) is 0 Å². The van der Waals surface area contributed by atoms with E-state index in [2.05, 4.69) is 19.2 Å². The number of hydrogen-bond acceptors (Lipinski definition) is 4. The van der Waals surface area contributed by atoms with E-state index in [1.165, 1.54) is 122 Å². The Hall–Kier alpha value is -0.920. The van der Waals surface area contributed by atoms with E-state index in [0.29, 0.717) is 6.42 Å². The second-order valence-electron chi connectivity index (χ2n) is 12.2. The van der Waals surface area contributed by atoms with E-state index < -0.39 is 28.0 Å². The van der Waals surface area contributed by atoms with Crippen LogP contribution in [0, 0.1) is 0 Å². The lowest BCUT2D eigenvalue weighted by atomic mass is 10.0. The van der Waals surface area contributed by atoms with Gasteiger partial charge in [0.25, 0.3) is 10.1 Å². The molecule has 0 spiro atoms. The molecule has 244 valence electrons. The van der Waals surface area contributed by atoms with Gasteiger partial charge in [-0.15, -0.1) is 0 Å². The van der Waals surface area contributed by atoms with Gasteiger partial charge in [-0.1, -0.05) is 167 Å². The lowest BCUT2D eigenvalue weighted by molar-refractivity contribution is -0.122. The number of aliphatic hydroxyl groups is 1. The van der Waals surface area contributed by atoms with Gasteiger partial charge < -0.3 is 10.4 Å². The van der Waals surface area contributed by atoms with E-state index in [1.54, 1.807) is 6.08 Å². The van der Waals surface area contributed by atoms with Crippen molar-refractivity contribution in [2.45, 2.75) is 193 Å². The molecule has 0 bridgehead atoms.